The average molecular weight is 296 g/mol. The van der Waals surface area contributed by atoms with Crippen molar-refractivity contribution >= 4 is 18.2 Å². The van der Waals surface area contributed by atoms with E-state index in [0.717, 1.165) is 10.9 Å². The molecule has 0 bridgehead atoms. The third kappa shape index (κ3) is 3.19. The zero-order valence-electron chi connectivity index (χ0n) is 10.3. The van der Waals surface area contributed by atoms with Gasteiger partial charge in [-0.05, 0) is 6.92 Å². The van der Waals surface area contributed by atoms with E-state index < -0.39 is 12.5 Å². The second-order valence-corrected chi connectivity index (χ2v) is 3.79. The highest BCUT2D eigenvalue weighted by atomic mass is 35.5. The fourth-order valence-corrected chi connectivity index (χ4v) is 1.59. The van der Waals surface area contributed by atoms with Gasteiger partial charge in [-0.15, -0.1) is 12.4 Å². The monoisotopic (exact) mass is 295 g/mol. The van der Waals surface area contributed by atoms with E-state index in [4.69, 9.17) is 0 Å². The molecule has 2 aromatic heterocycles. The lowest BCUT2D eigenvalue weighted by atomic mass is 10.2. The zero-order chi connectivity index (χ0) is 13.3. The van der Waals surface area contributed by atoms with E-state index in [1.165, 1.54) is 13.1 Å². The lowest BCUT2D eigenvalue weighted by Crippen LogP contribution is -2.05. The van der Waals surface area contributed by atoms with Crippen LogP contribution in [-0.2, 0) is 13.6 Å². The van der Waals surface area contributed by atoms with E-state index in [1.807, 2.05) is 0 Å². The number of anilines is 1. The lowest BCUT2D eigenvalue weighted by Gasteiger charge is -2.02. The van der Waals surface area contributed by atoms with Crippen molar-refractivity contribution in [1.82, 2.24) is 19.6 Å². The maximum absolute atomic E-state index is 13.6. The van der Waals surface area contributed by atoms with Gasteiger partial charge in [0.25, 0.3) is 0 Å². The van der Waals surface area contributed by atoms with Crippen LogP contribution in [0.5, 0.6) is 0 Å². The Labute approximate surface area is 113 Å². The normalized spacial score (nSPS) is 10.6. The molecule has 9 heteroatoms. The summed E-state index contributed by atoms with van der Waals surface area (Å²) in [5.74, 6) is -0.189. The van der Waals surface area contributed by atoms with E-state index in [-0.39, 0.29) is 24.8 Å². The Hall–Kier alpha value is -1.70. The first-order valence-electron chi connectivity index (χ1n) is 5.24. The van der Waals surface area contributed by atoms with Crippen molar-refractivity contribution in [2.24, 2.45) is 7.05 Å². The number of rotatable bonds is 4. The molecule has 0 spiro atoms. The predicted molar refractivity (Wildman–Crippen MR) is 66.0 cm³/mol. The number of hydrogen-bond acceptors (Lipinski definition) is 3. The molecule has 106 valence electrons. The summed E-state index contributed by atoms with van der Waals surface area (Å²) in [6, 6.07) is 1.40. The van der Waals surface area contributed by atoms with Crippen LogP contribution in [0.1, 0.15) is 17.8 Å². The fraction of sp³-hybridized carbons (Fsp3) is 0.400. The minimum Gasteiger partial charge on any atom is -0.364 e. The lowest BCUT2D eigenvalue weighted by molar-refractivity contribution is 0.0569. The highest BCUT2D eigenvalue weighted by Crippen LogP contribution is 2.15. The molecule has 0 atom stereocenters. The van der Waals surface area contributed by atoms with E-state index in [1.54, 1.807) is 6.92 Å². The summed E-state index contributed by atoms with van der Waals surface area (Å²) in [5, 5.41) is 10.3. The van der Waals surface area contributed by atoms with Gasteiger partial charge in [-0.3, -0.25) is 0 Å². The molecule has 0 amide bonds. The quantitative estimate of drug-likeness (QED) is 0.943. The van der Waals surface area contributed by atoms with Crippen molar-refractivity contribution in [3.8, 4) is 0 Å². The van der Waals surface area contributed by atoms with Crippen LogP contribution >= 0.6 is 12.4 Å². The number of nitrogens with zero attached hydrogens (tertiary/aromatic N) is 4. The maximum Gasteiger partial charge on any atom is 0.333 e. The van der Waals surface area contributed by atoms with Gasteiger partial charge in [-0.2, -0.15) is 23.4 Å². The van der Waals surface area contributed by atoms with Crippen molar-refractivity contribution in [2.45, 2.75) is 20.0 Å². The number of aryl methyl sites for hydroxylation is 2. The molecule has 2 heterocycles. The van der Waals surface area contributed by atoms with Crippen molar-refractivity contribution in [2.75, 3.05) is 5.32 Å². The minimum atomic E-state index is -2.68. The first kappa shape index (κ1) is 15.4. The first-order valence-corrected chi connectivity index (χ1v) is 5.24. The molecule has 0 radical (unpaired) electrons. The van der Waals surface area contributed by atoms with Crippen LogP contribution in [0.15, 0.2) is 12.3 Å². The molecular formula is C10H13ClF3N5. The first-order chi connectivity index (χ1) is 8.49. The zero-order valence-corrected chi connectivity index (χ0v) is 11.1. The topological polar surface area (TPSA) is 47.7 Å². The molecule has 0 saturated carbocycles. The molecule has 2 aromatic rings. The summed E-state index contributed by atoms with van der Waals surface area (Å²) < 4.78 is 39.8. The van der Waals surface area contributed by atoms with Gasteiger partial charge in [-0.25, -0.2) is 9.36 Å². The molecule has 0 fully saturated rings. The summed E-state index contributed by atoms with van der Waals surface area (Å²) in [4.78, 5) is 0. The summed E-state index contributed by atoms with van der Waals surface area (Å²) in [6.07, 6.45) is 1.15. The number of nitrogens with one attached hydrogen (secondary N) is 1. The second-order valence-electron chi connectivity index (χ2n) is 3.79. The molecule has 0 aliphatic heterocycles. The van der Waals surface area contributed by atoms with Gasteiger partial charge >= 0.3 is 6.55 Å². The summed E-state index contributed by atoms with van der Waals surface area (Å²) in [7, 11) is 1.50. The number of aromatic nitrogens is 4. The van der Waals surface area contributed by atoms with Crippen LogP contribution in [0.25, 0.3) is 0 Å². The van der Waals surface area contributed by atoms with Crippen LogP contribution in [0.4, 0.5) is 19.0 Å². The largest absolute Gasteiger partial charge is 0.364 e. The Bertz CT molecular complexity index is 551. The molecule has 0 aromatic carbocycles. The van der Waals surface area contributed by atoms with Crippen molar-refractivity contribution in [3.05, 3.63) is 29.5 Å². The van der Waals surface area contributed by atoms with Crippen molar-refractivity contribution < 1.29 is 13.2 Å². The van der Waals surface area contributed by atoms with Gasteiger partial charge in [0, 0.05) is 31.4 Å². The van der Waals surface area contributed by atoms with Crippen LogP contribution in [-0.4, -0.2) is 19.6 Å². The van der Waals surface area contributed by atoms with E-state index in [9.17, 15) is 13.2 Å². The highest BCUT2D eigenvalue weighted by molar-refractivity contribution is 5.85. The molecule has 1 N–H and O–H groups in total. The number of halogens is 4. The SMILES string of the molecule is Cc1nn(C)c(F)c1CNc1ccn(C(F)F)n1.Cl. The Balaban J connectivity index is 0.00000180. The van der Waals surface area contributed by atoms with E-state index in [2.05, 4.69) is 15.5 Å². The van der Waals surface area contributed by atoms with Crippen molar-refractivity contribution in [3.63, 3.8) is 0 Å². The van der Waals surface area contributed by atoms with Crippen LogP contribution in [0.3, 0.4) is 0 Å². The highest BCUT2D eigenvalue weighted by Gasteiger charge is 2.13. The molecule has 19 heavy (non-hydrogen) atoms. The third-order valence-electron chi connectivity index (χ3n) is 2.52. The molecule has 5 nitrogen and oxygen atoms in total. The summed E-state index contributed by atoms with van der Waals surface area (Å²) >= 11 is 0. The van der Waals surface area contributed by atoms with Gasteiger partial charge in [0.1, 0.15) is 5.82 Å². The molecular weight excluding hydrogens is 283 g/mol. The second kappa shape index (κ2) is 5.96. The standard InChI is InChI=1S/C10H12F3N5.ClH/c1-6-7(9(11)17(2)15-6)5-14-8-3-4-18(16-8)10(12)13;/h3-4,10H,5H2,1-2H3,(H,14,16);1H. The fourth-order valence-electron chi connectivity index (χ4n) is 1.59. The number of hydrogen-bond donors (Lipinski definition) is 1. The van der Waals surface area contributed by atoms with Crippen LogP contribution < -0.4 is 5.32 Å². The summed E-state index contributed by atoms with van der Waals surface area (Å²) in [5.41, 5.74) is 0.944. The predicted octanol–water partition coefficient (Wildman–Crippen LogP) is 2.49. The van der Waals surface area contributed by atoms with E-state index in [0.29, 0.717) is 15.9 Å². The van der Waals surface area contributed by atoms with E-state index >= 15 is 0 Å². The van der Waals surface area contributed by atoms with Crippen LogP contribution in [0, 0.1) is 12.9 Å². The average Bonchev–Trinajstić information content (AvgIpc) is 2.85. The summed E-state index contributed by atoms with van der Waals surface area (Å²) in [6.45, 7) is -0.860. The van der Waals surface area contributed by atoms with Gasteiger partial charge in [0.15, 0.2) is 0 Å². The van der Waals surface area contributed by atoms with Crippen LogP contribution in [0.2, 0.25) is 0 Å². The van der Waals surface area contributed by atoms with Crippen molar-refractivity contribution in [1.29, 1.82) is 0 Å². The Kier molecular flexibility index (Phi) is 4.82. The molecule has 0 aliphatic rings. The molecule has 0 aliphatic carbocycles. The van der Waals surface area contributed by atoms with Gasteiger partial charge in [0.2, 0.25) is 5.95 Å². The molecule has 0 saturated heterocycles. The molecule has 0 unspecified atom stereocenters. The smallest absolute Gasteiger partial charge is 0.333 e. The Morgan fingerprint density at radius 3 is 2.53 bits per heavy atom. The molecule has 2 rings (SSSR count). The maximum atomic E-state index is 13.6. The van der Waals surface area contributed by atoms with Gasteiger partial charge in [0.05, 0.1) is 5.69 Å². The van der Waals surface area contributed by atoms with Gasteiger partial charge < -0.3 is 5.32 Å². The minimum absolute atomic E-state index is 0. The van der Waals surface area contributed by atoms with Gasteiger partial charge in [-0.1, -0.05) is 0 Å². The number of alkyl halides is 2. The third-order valence-corrected chi connectivity index (χ3v) is 2.52. The Morgan fingerprint density at radius 2 is 2.05 bits per heavy atom. The Morgan fingerprint density at radius 1 is 1.37 bits per heavy atom.